The lowest BCUT2D eigenvalue weighted by Gasteiger charge is -2.25. The van der Waals surface area contributed by atoms with Crippen LogP contribution in [0.25, 0.3) is 27.8 Å². The minimum absolute atomic E-state index is 0.258. The van der Waals surface area contributed by atoms with Gasteiger partial charge in [-0.25, -0.2) is 4.98 Å². The molecule has 4 heterocycles. The highest BCUT2D eigenvalue weighted by molar-refractivity contribution is 6.07. The van der Waals surface area contributed by atoms with Gasteiger partial charge in [0.05, 0.1) is 28.4 Å². The van der Waals surface area contributed by atoms with Gasteiger partial charge in [0.2, 0.25) is 0 Å². The molecule has 6 aromatic rings. The molecule has 0 spiro atoms. The van der Waals surface area contributed by atoms with Crippen LogP contribution in [-0.2, 0) is 5.41 Å². The Labute approximate surface area is 210 Å². The fourth-order valence-electron chi connectivity index (χ4n) is 4.67. The molecule has 0 atom stereocenters. The van der Waals surface area contributed by atoms with Crippen molar-refractivity contribution in [1.29, 1.82) is 0 Å². The summed E-state index contributed by atoms with van der Waals surface area (Å²) in [5.41, 5.74) is 5.95. The number of hydrogen-bond acceptors (Lipinski definition) is 4. The molecule has 4 aromatic heterocycles. The molecule has 0 aliphatic carbocycles. The van der Waals surface area contributed by atoms with Crippen LogP contribution in [-0.4, -0.2) is 19.5 Å². The molecule has 0 amide bonds. The largest absolute Gasteiger partial charge is 0.456 e. The molecule has 0 saturated heterocycles. The summed E-state index contributed by atoms with van der Waals surface area (Å²) in [4.78, 5) is 14.1. The van der Waals surface area contributed by atoms with E-state index in [0.717, 1.165) is 50.3 Å². The molecule has 176 valence electrons. The number of nitrogens with zero attached hydrogens (tertiary/aromatic N) is 4. The quantitative estimate of drug-likeness (QED) is 0.263. The van der Waals surface area contributed by atoms with Gasteiger partial charge in [-0.2, -0.15) is 0 Å². The van der Waals surface area contributed by atoms with Crippen LogP contribution in [0.15, 0.2) is 104 Å². The second-order valence-corrected chi connectivity index (χ2v) is 9.55. The standard InChI is InChI=1S/C31H26N4O/c1-21-14-15-29(33-19-21)35-26-12-5-4-11-25(26)30-27(35)18-24(20-34-30)36-23-10-8-9-22(17-23)31(2,3)28-13-6-7-16-32-28/h4-20H,1-3H3. The first-order valence-corrected chi connectivity index (χ1v) is 12.0. The molecule has 0 aliphatic rings. The lowest BCUT2D eigenvalue weighted by Crippen LogP contribution is -2.20. The molecule has 0 fully saturated rings. The van der Waals surface area contributed by atoms with Crippen LogP contribution in [0, 0.1) is 6.92 Å². The van der Waals surface area contributed by atoms with E-state index < -0.39 is 0 Å². The predicted octanol–water partition coefficient (Wildman–Crippen LogP) is 7.40. The lowest BCUT2D eigenvalue weighted by molar-refractivity contribution is 0.478. The molecule has 5 nitrogen and oxygen atoms in total. The molecule has 5 heteroatoms. The first kappa shape index (κ1) is 22.0. The number of benzene rings is 2. The van der Waals surface area contributed by atoms with Crippen LogP contribution in [0.2, 0.25) is 0 Å². The maximum Gasteiger partial charge on any atom is 0.147 e. The second kappa shape index (κ2) is 8.61. The number of hydrogen-bond donors (Lipinski definition) is 0. The Kier molecular flexibility index (Phi) is 5.26. The van der Waals surface area contributed by atoms with Crippen molar-refractivity contribution < 1.29 is 4.74 Å². The molecule has 0 unspecified atom stereocenters. The van der Waals surface area contributed by atoms with Crippen molar-refractivity contribution in [2.24, 2.45) is 0 Å². The van der Waals surface area contributed by atoms with E-state index in [0.29, 0.717) is 5.75 Å². The zero-order valence-corrected chi connectivity index (χ0v) is 20.5. The van der Waals surface area contributed by atoms with Crippen LogP contribution in [0.1, 0.15) is 30.7 Å². The molecule has 0 saturated carbocycles. The SMILES string of the molecule is Cc1ccc(-n2c3ccccc3c3ncc(Oc4cccc(C(C)(C)c5ccccn5)c4)cc32)nc1. The van der Waals surface area contributed by atoms with E-state index in [4.69, 9.17) is 14.7 Å². The highest BCUT2D eigenvalue weighted by atomic mass is 16.5. The van der Waals surface area contributed by atoms with Gasteiger partial charge in [-0.05, 0) is 54.4 Å². The number of ether oxygens (including phenoxy) is 1. The molecular formula is C31H26N4O. The molecule has 0 N–H and O–H groups in total. The Morgan fingerprint density at radius 3 is 2.39 bits per heavy atom. The Hall–Kier alpha value is -4.51. The average molecular weight is 471 g/mol. The number of aryl methyl sites for hydroxylation is 1. The third kappa shape index (κ3) is 3.79. The summed E-state index contributed by atoms with van der Waals surface area (Å²) in [6.45, 7) is 6.39. The zero-order valence-electron chi connectivity index (χ0n) is 20.5. The number of para-hydroxylation sites is 1. The maximum absolute atomic E-state index is 6.35. The first-order chi connectivity index (χ1) is 17.5. The normalized spacial score (nSPS) is 11.8. The van der Waals surface area contributed by atoms with Crippen molar-refractivity contribution in [3.63, 3.8) is 0 Å². The van der Waals surface area contributed by atoms with Gasteiger partial charge < -0.3 is 4.74 Å². The van der Waals surface area contributed by atoms with Gasteiger partial charge >= 0.3 is 0 Å². The Morgan fingerprint density at radius 2 is 1.58 bits per heavy atom. The molecule has 2 aromatic carbocycles. The van der Waals surface area contributed by atoms with E-state index >= 15 is 0 Å². The van der Waals surface area contributed by atoms with Crippen molar-refractivity contribution >= 4 is 21.9 Å². The molecule has 36 heavy (non-hydrogen) atoms. The Balaban J connectivity index is 1.42. The second-order valence-electron chi connectivity index (χ2n) is 9.55. The maximum atomic E-state index is 6.35. The third-order valence-corrected chi connectivity index (χ3v) is 6.70. The smallest absolute Gasteiger partial charge is 0.147 e. The summed E-state index contributed by atoms with van der Waals surface area (Å²) in [7, 11) is 0. The van der Waals surface area contributed by atoms with E-state index in [1.54, 1.807) is 6.20 Å². The van der Waals surface area contributed by atoms with Crippen LogP contribution < -0.4 is 4.74 Å². The van der Waals surface area contributed by atoms with Crippen molar-refractivity contribution in [1.82, 2.24) is 19.5 Å². The molecular weight excluding hydrogens is 444 g/mol. The lowest BCUT2D eigenvalue weighted by atomic mass is 9.81. The van der Waals surface area contributed by atoms with E-state index in [-0.39, 0.29) is 5.41 Å². The van der Waals surface area contributed by atoms with Gasteiger partial charge in [0.1, 0.15) is 17.3 Å². The van der Waals surface area contributed by atoms with Crippen molar-refractivity contribution in [3.05, 3.63) is 120 Å². The summed E-state index contributed by atoms with van der Waals surface area (Å²) in [5, 5.41) is 1.08. The minimum Gasteiger partial charge on any atom is -0.456 e. The summed E-state index contributed by atoms with van der Waals surface area (Å²) in [5.74, 6) is 2.28. The first-order valence-electron chi connectivity index (χ1n) is 12.0. The molecule has 0 bridgehead atoms. The Morgan fingerprint density at radius 1 is 0.722 bits per heavy atom. The topological polar surface area (TPSA) is 52.8 Å². The summed E-state index contributed by atoms with van der Waals surface area (Å²) in [6, 6.07) is 28.6. The van der Waals surface area contributed by atoms with E-state index in [1.165, 1.54) is 0 Å². The van der Waals surface area contributed by atoms with Crippen molar-refractivity contribution in [3.8, 4) is 17.3 Å². The monoisotopic (exact) mass is 470 g/mol. The fourth-order valence-corrected chi connectivity index (χ4v) is 4.67. The summed E-state index contributed by atoms with van der Waals surface area (Å²) in [6.07, 6.45) is 5.51. The van der Waals surface area contributed by atoms with Crippen LogP contribution in [0.4, 0.5) is 0 Å². The van der Waals surface area contributed by atoms with E-state index in [9.17, 15) is 0 Å². The van der Waals surface area contributed by atoms with Crippen LogP contribution in [0.5, 0.6) is 11.5 Å². The van der Waals surface area contributed by atoms with Gasteiger partial charge in [0.15, 0.2) is 0 Å². The third-order valence-electron chi connectivity index (χ3n) is 6.70. The zero-order chi connectivity index (χ0) is 24.7. The predicted molar refractivity (Wildman–Crippen MR) is 144 cm³/mol. The van der Waals surface area contributed by atoms with Gasteiger partial charge in [-0.3, -0.25) is 14.5 Å². The van der Waals surface area contributed by atoms with Gasteiger partial charge in [0.25, 0.3) is 0 Å². The Bertz CT molecular complexity index is 1690. The van der Waals surface area contributed by atoms with Crippen molar-refractivity contribution in [2.45, 2.75) is 26.2 Å². The van der Waals surface area contributed by atoms with Gasteiger partial charge in [-0.1, -0.05) is 56.3 Å². The van der Waals surface area contributed by atoms with E-state index in [1.807, 2.05) is 67.8 Å². The average Bonchev–Trinajstić information content (AvgIpc) is 3.23. The van der Waals surface area contributed by atoms with E-state index in [2.05, 4.69) is 59.8 Å². The van der Waals surface area contributed by atoms with Gasteiger partial charge in [-0.15, -0.1) is 0 Å². The molecule has 0 aliphatic heterocycles. The van der Waals surface area contributed by atoms with Crippen LogP contribution >= 0.6 is 0 Å². The number of fused-ring (bicyclic) bond motifs is 3. The van der Waals surface area contributed by atoms with Gasteiger partial charge in [0, 0.05) is 29.3 Å². The van der Waals surface area contributed by atoms with Crippen LogP contribution in [0.3, 0.4) is 0 Å². The fraction of sp³-hybridized carbons (Fsp3) is 0.129. The summed E-state index contributed by atoms with van der Waals surface area (Å²) >= 11 is 0. The van der Waals surface area contributed by atoms with Crippen molar-refractivity contribution in [2.75, 3.05) is 0 Å². The summed E-state index contributed by atoms with van der Waals surface area (Å²) < 4.78 is 8.49. The molecule has 0 radical (unpaired) electrons. The highest BCUT2D eigenvalue weighted by Gasteiger charge is 2.25. The minimum atomic E-state index is -0.258. The number of rotatable bonds is 5. The number of aromatic nitrogens is 4. The number of pyridine rings is 3. The molecule has 6 rings (SSSR count). The highest BCUT2D eigenvalue weighted by Crippen LogP contribution is 2.35.